The van der Waals surface area contributed by atoms with Crippen molar-refractivity contribution in [3.05, 3.63) is 12.2 Å². The van der Waals surface area contributed by atoms with E-state index in [1.165, 1.54) is 0 Å². The number of nitrogens with two attached hydrogens (primary N) is 1. The predicted molar refractivity (Wildman–Crippen MR) is 47.8 cm³/mol. The Bertz CT molecular complexity index is 241. The molecule has 0 aliphatic heterocycles. The van der Waals surface area contributed by atoms with Gasteiger partial charge in [0.2, 0.25) is 0 Å². The first-order valence-corrected chi connectivity index (χ1v) is 4.30. The van der Waals surface area contributed by atoms with Gasteiger partial charge < -0.3 is 10.3 Å². The molecule has 0 radical (unpaired) electrons. The maximum absolute atomic E-state index is 5.77. The third-order valence-electron chi connectivity index (χ3n) is 2.18. The van der Waals surface area contributed by atoms with E-state index in [9.17, 15) is 0 Å². The summed E-state index contributed by atoms with van der Waals surface area (Å²) in [6.45, 7) is 7.03. The van der Waals surface area contributed by atoms with Crippen LogP contribution in [-0.2, 0) is 6.54 Å². The van der Waals surface area contributed by atoms with Crippen molar-refractivity contribution in [3.8, 4) is 0 Å². The molecule has 2 atom stereocenters. The molecule has 0 saturated heterocycles. The van der Waals surface area contributed by atoms with E-state index >= 15 is 0 Å². The fourth-order valence-electron chi connectivity index (χ4n) is 1.10. The second-order valence-corrected chi connectivity index (χ2v) is 3.12. The van der Waals surface area contributed by atoms with Crippen molar-refractivity contribution in [2.75, 3.05) is 0 Å². The zero-order valence-corrected chi connectivity index (χ0v) is 7.86. The first-order valence-electron chi connectivity index (χ1n) is 4.30. The summed E-state index contributed by atoms with van der Waals surface area (Å²) in [5.74, 6) is 1.25. The Morgan fingerprint density at radius 3 is 2.75 bits per heavy atom. The molecule has 4 heteroatoms. The molecule has 0 aromatic carbocycles. The van der Waals surface area contributed by atoms with Crippen molar-refractivity contribution in [1.82, 2.24) is 14.8 Å². The van der Waals surface area contributed by atoms with Crippen LogP contribution in [0.2, 0.25) is 0 Å². The van der Waals surface area contributed by atoms with Crippen LogP contribution in [0.5, 0.6) is 0 Å². The molecule has 0 amide bonds. The molecular formula is C8H16N4. The zero-order valence-electron chi connectivity index (χ0n) is 7.86. The van der Waals surface area contributed by atoms with Gasteiger partial charge in [0, 0.05) is 18.5 Å². The maximum atomic E-state index is 5.77. The average Bonchev–Trinajstić information content (AvgIpc) is 2.49. The van der Waals surface area contributed by atoms with Gasteiger partial charge in [-0.1, -0.05) is 6.92 Å². The van der Waals surface area contributed by atoms with Crippen LogP contribution in [0.1, 0.15) is 32.5 Å². The number of rotatable bonds is 3. The van der Waals surface area contributed by atoms with Crippen molar-refractivity contribution in [2.24, 2.45) is 5.73 Å². The van der Waals surface area contributed by atoms with Gasteiger partial charge in [0.25, 0.3) is 0 Å². The fraction of sp³-hybridized carbons (Fsp3) is 0.750. The van der Waals surface area contributed by atoms with Gasteiger partial charge in [0.1, 0.15) is 12.2 Å². The Morgan fingerprint density at radius 2 is 2.25 bits per heavy atom. The Balaban J connectivity index is 2.86. The number of hydrogen-bond donors (Lipinski definition) is 1. The highest BCUT2D eigenvalue weighted by Crippen LogP contribution is 2.14. The molecule has 1 rings (SSSR count). The predicted octanol–water partition coefficient (Wildman–Crippen LogP) is 0.749. The highest BCUT2D eigenvalue weighted by molar-refractivity contribution is 4.97. The fourth-order valence-corrected chi connectivity index (χ4v) is 1.10. The van der Waals surface area contributed by atoms with Crippen LogP contribution >= 0.6 is 0 Å². The van der Waals surface area contributed by atoms with Crippen molar-refractivity contribution in [1.29, 1.82) is 0 Å². The molecule has 4 nitrogen and oxygen atoms in total. The van der Waals surface area contributed by atoms with Crippen LogP contribution < -0.4 is 5.73 Å². The van der Waals surface area contributed by atoms with Crippen LogP contribution in [0, 0.1) is 0 Å². The molecule has 2 N–H and O–H groups in total. The van der Waals surface area contributed by atoms with Gasteiger partial charge in [-0.05, 0) is 13.8 Å². The molecule has 1 heterocycles. The van der Waals surface area contributed by atoms with E-state index < -0.39 is 0 Å². The Morgan fingerprint density at radius 1 is 1.58 bits per heavy atom. The first kappa shape index (κ1) is 9.19. The van der Waals surface area contributed by atoms with E-state index in [0.717, 1.165) is 12.4 Å². The second kappa shape index (κ2) is 3.67. The molecule has 0 spiro atoms. The summed E-state index contributed by atoms with van der Waals surface area (Å²) >= 11 is 0. The van der Waals surface area contributed by atoms with Crippen molar-refractivity contribution in [3.63, 3.8) is 0 Å². The molecule has 0 saturated carbocycles. The van der Waals surface area contributed by atoms with Gasteiger partial charge in [-0.3, -0.25) is 0 Å². The van der Waals surface area contributed by atoms with Crippen molar-refractivity contribution < 1.29 is 0 Å². The average molecular weight is 168 g/mol. The molecule has 12 heavy (non-hydrogen) atoms. The summed E-state index contributed by atoms with van der Waals surface area (Å²) < 4.78 is 2.02. The summed E-state index contributed by atoms with van der Waals surface area (Å²) in [5, 5.41) is 7.90. The summed E-state index contributed by atoms with van der Waals surface area (Å²) in [4.78, 5) is 0. The minimum Gasteiger partial charge on any atom is -0.327 e. The maximum Gasteiger partial charge on any atom is 0.137 e. The smallest absolute Gasteiger partial charge is 0.137 e. The van der Waals surface area contributed by atoms with Gasteiger partial charge in [-0.25, -0.2) is 0 Å². The molecular weight excluding hydrogens is 152 g/mol. The minimum absolute atomic E-state index is 0.125. The zero-order chi connectivity index (χ0) is 9.14. The van der Waals surface area contributed by atoms with E-state index in [2.05, 4.69) is 24.0 Å². The van der Waals surface area contributed by atoms with Crippen LogP contribution in [0.15, 0.2) is 6.33 Å². The number of hydrogen-bond acceptors (Lipinski definition) is 3. The van der Waals surface area contributed by atoms with Gasteiger partial charge in [-0.2, -0.15) is 0 Å². The molecule has 0 bridgehead atoms. The molecule has 68 valence electrons. The second-order valence-electron chi connectivity index (χ2n) is 3.12. The van der Waals surface area contributed by atoms with Gasteiger partial charge in [0.05, 0.1) is 0 Å². The van der Waals surface area contributed by atoms with Crippen LogP contribution in [-0.4, -0.2) is 20.8 Å². The third-order valence-corrected chi connectivity index (χ3v) is 2.18. The van der Waals surface area contributed by atoms with Crippen molar-refractivity contribution >= 4 is 0 Å². The summed E-state index contributed by atoms with van der Waals surface area (Å²) in [5.41, 5.74) is 5.77. The molecule has 0 aliphatic rings. The standard InChI is InChI=1S/C8H16N4/c1-4-12-5-10-11-8(12)6(2)7(3)9/h5-7H,4,9H2,1-3H3. The highest BCUT2D eigenvalue weighted by Gasteiger charge is 2.15. The summed E-state index contributed by atoms with van der Waals surface area (Å²) in [6.07, 6.45) is 1.74. The van der Waals surface area contributed by atoms with E-state index in [4.69, 9.17) is 5.73 Å². The van der Waals surface area contributed by atoms with Gasteiger partial charge in [0.15, 0.2) is 0 Å². The molecule has 1 aromatic rings. The highest BCUT2D eigenvalue weighted by atomic mass is 15.3. The van der Waals surface area contributed by atoms with Crippen molar-refractivity contribution in [2.45, 2.75) is 39.3 Å². The Hall–Kier alpha value is -0.900. The topological polar surface area (TPSA) is 56.7 Å². The lowest BCUT2D eigenvalue weighted by Gasteiger charge is -2.14. The summed E-state index contributed by atoms with van der Waals surface area (Å²) in [7, 11) is 0. The Labute approximate surface area is 72.8 Å². The number of aryl methyl sites for hydroxylation is 1. The first-order chi connectivity index (χ1) is 5.66. The number of aromatic nitrogens is 3. The lowest BCUT2D eigenvalue weighted by molar-refractivity contribution is 0.544. The van der Waals surface area contributed by atoms with E-state index in [-0.39, 0.29) is 12.0 Å². The van der Waals surface area contributed by atoms with Crippen LogP contribution in [0.3, 0.4) is 0 Å². The summed E-state index contributed by atoms with van der Waals surface area (Å²) in [6, 6.07) is 0.125. The van der Waals surface area contributed by atoms with Gasteiger partial charge in [-0.15, -0.1) is 10.2 Å². The van der Waals surface area contributed by atoms with Gasteiger partial charge >= 0.3 is 0 Å². The largest absolute Gasteiger partial charge is 0.327 e. The molecule has 1 aromatic heterocycles. The lowest BCUT2D eigenvalue weighted by atomic mass is 10.0. The molecule has 2 unspecified atom stereocenters. The van der Waals surface area contributed by atoms with E-state index in [1.54, 1.807) is 6.33 Å². The SMILES string of the molecule is CCn1cnnc1C(C)C(C)N. The van der Waals surface area contributed by atoms with E-state index in [1.807, 2.05) is 11.5 Å². The monoisotopic (exact) mass is 168 g/mol. The lowest BCUT2D eigenvalue weighted by Crippen LogP contribution is -2.25. The minimum atomic E-state index is 0.125. The normalized spacial score (nSPS) is 16.0. The van der Waals surface area contributed by atoms with Crippen LogP contribution in [0.25, 0.3) is 0 Å². The molecule has 0 aliphatic carbocycles. The van der Waals surface area contributed by atoms with E-state index in [0.29, 0.717) is 0 Å². The van der Waals surface area contributed by atoms with Crippen LogP contribution in [0.4, 0.5) is 0 Å². The number of nitrogens with zero attached hydrogens (tertiary/aromatic N) is 3. The third kappa shape index (κ3) is 1.64. The Kier molecular flexibility index (Phi) is 2.81. The molecule has 0 fully saturated rings. The quantitative estimate of drug-likeness (QED) is 0.724.